The van der Waals surface area contributed by atoms with Crippen LogP contribution in [0.2, 0.25) is 0 Å². The fourth-order valence-corrected chi connectivity index (χ4v) is 2.60. The van der Waals surface area contributed by atoms with Gasteiger partial charge in [0.25, 0.3) is 0 Å². The van der Waals surface area contributed by atoms with Crippen molar-refractivity contribution in [1.29, 1.82) is 5.26 Å². The number of nitriles is 1. The van der Waals surface area contributed by atoms with Gasteiger partial charge in [-0.2, -0.15) is 5.26 Å². The fraction of sp³-hybridized carbons (Fsp3) is 0.562. The molecule has 0 amide bonds. The second-order valence-electron chi connectivity index (χ2n) is 5.95. The van der Waals surface area contributed by atoms with Crippen molar-refractivity contribution in [3.8, 4) is 6.07 Å². The first-order valence-electron chi connectivity index (χ1n) is 6.80. The van der Waals surface area contributed by atoms with Crippen LogP contribution in [0.5, 0.6) is 0 Å². The van der Waals surface area contributed by atoms with Gasteiger partial charge in [0.15, 0.2) is 0 Å². The van der Waals surface area contributed by atoms with E-state index in [2.05, 4.69) is 43.9 Å². The predicted octanol–water partition coefficient (Wildman–Crippen LogP) is 3.82. The Balaban J connectivity index is 2.03. The molecule has 1 heterocycles. The third-order valence-electron chi connectivity index (χ3n) is 4.66. The highest BCUT2D eigenvalue weighted by atomic mass is 15.1. The molecule has 0 aliphatic carbocycles. The first-order chi connectivity index (χ1) is 8.55. The van der Waals surface area contributed by atoms with Gasteiger partial charge in [-0.3, -0.25) is 0 Å². The van der Waals surface area contributed by atoms with E-state index in [0.717, 1.165) is 24.6 Å². The van der Waals surface area contributed by atoms with Gasteiger partial charge < -0.3 is 4.90 Å². The van der Waals surface area contributed by atoms with Crippen LogP contribution in [-0.4, -0.2) is 13.1 Å². The molecule has 0 radical (unpaired) electrons. The number of rotatable bonds is 2. The van der Waals surface area contributed by atoms with Crippen molar-refractivity contribution < 1.29 is 0 Å². The molecule has 2 heteroatoms. The van der Waals surface area contributed by atoms with E-state index in [1.807, 2.05) is 12.1 Å². The minimum absolute atomic E-state index is 0.489. The van der Waals surface area contributed by atoms with Crippen molar-refractivity contribution in [3.63, 3.8) is 0 Å². The quantitative estimate of drug-likeness (QED) is 0.788. The van der Waals surface area contributed by atoms with Crippen LogP contribution >= 0.6 is 0 Å². The van der Waals surface area contributed by atoms with Gasteiger partial charge in [-0.05, 0) is 48.4 Å². The summed E-state index contributed by atoms with van der Waals surface area (Å²) in [5.41, 5.74) is 2.48. The monoisotopic (exact) mass is 242 g/mol. The number of nitrogens with zero attached hydrogens (tertiary/aromatic N) is 2. The van der Waals surface area contributed by atoms with Crippen molar-refractivity contribution >= 4 is 5.69 Å². The van der Waals surface area contributed by atoms with E-state index in [9.17, 15) is 0 Å². The van der Waals surface area contributed by atoms with Gasteiger partial charge in [-0.25, -0.2) is 0 Å². The summed E-state index contributed by atoms with van der Waals surface area (Å²) in [6.45, 7) is 9.32. The molecule has 1 aliphatic heterocycles. The summed E-state index contributed by atoms with van der Waals surface area (Å²) in [5.74, 6) is 0.751. The van der Waals surface area contributed by atoms with E-state index in [1.165, 1.54) is 18.5 Å². The normalized spacial score (nSPS) is 18.7. The molecule has 2 rings (SSSR count). The Kier molecular flexibility index (Phi) is 3.61. The molecule has 96 valence electrons. The second kappa shape index (κ2) is 5.02. The van der Waals surface area contributed by atoms with Gasteiger partial charge in [0, 0.05) is 18.8 Å². The molecule has 0 N–H and O–H groups in total. The van der Waals surface area contributed by atoms with Crippen LogP contribution < -0.4 is 4.90 Å². The Morgan fingerprint density at radius 1 is 1.17 bits per heavy atom. The van der Waals surface area contributed by atoms with Crippen LogP contribution in [0.3, 0.4) is 0 Å². The minimum atomic E-state index is 0.489. The average Bonchev–Trinajstić information content (AvgIpc) is 2.40. The molecule has 0 bridgehead atoms. The van der Waals surface area contributed by atoms with E-state index in [1.54, 1.807) is 0 Å². The van der Waals surface area contributed by atoms with Crippen LogP contribution in [0.15, 0.2) is 24.3 Å². The third kappa shape index (κ3) is 2.51. The maximum Gasteiger partial charge on any atom is 0.0991 e. The van der Waals surface area contributed by atoms with Crippen LogP contribution in [0, 0.1) is 22.7 Å². The maximum atomic E-state index is 8.80. The second-order valence-corrected chi connectivity index (χ2v) is 5.95. The predicted molar refractivity (Wildman–Crippen MR) is 75.5 cm³/mol. The summed E-state index contributed by atoms with van der Waals surface area (Å²) < 4.78 is 0. The van der Waals surface area contributed by atoms with Gasteiger partial charge in [-0.15, -0.1) is 0 Å². The van der Waals surface area contributed by atoms with E-state index in [-0.39, 0.29) is 0 Å². The van der Waals surface area contributed by atoms with Crippen molar-refractivity contribution in [2.45, 2.75) is 33.6 Å². The first-order valence-corrected chi connectivity index (χ1v) is 6.80. The van der Waals surface area contributed by atoms with Crippen molar-refractivity contribution in [3.05, 3.63) is 29.8 Å². The Morgan fingerprint density at radius 3 is 2.17 bits per heavy atom. The van der Waals surface area contributed by atoms with E-state index < -0.39 is 0 Å². The Hall–Kier alpha value is -1.49. The lowest BCUT2D eigenvalue weighted by atomic mass is 9.72. The zero-order valence-corrected chi connectivity index (χ0v) is 11.6. The smallest absolute Gasteiger partial charge is 0.0991 e. The SMILES string of the molecule is CC(C)C1(C)CCN(c2ccc(C#N)cc2)CC1. The van der Waals surface area contributed by atoms with Gasteiger partial charge in [-0.1, -0.05) is 20.8 Å². The standard InChI is InChI=1S/C16H22N2/c1-13(2)16(3)8-10-18(11-9-16)15-6-4-14(12-17)5-7-15/h4-7,13H,8-11H2,1-3H3. The number of benzene rings is 1. The molecule has 0 unspecified atom stereocenters. The van der Waals surface area contributed by atoms with Crippen molar-refractivity contribution in [2.75, 3.05) is 18.0 Å². The van der Waals surface area contributed by atoms with Gasteiger partial charge >= 0.3 is 0 Å². The number of piperidine rings is 1. The van der Waals surface area contributed by atoms with Crippen LogP contribution in [0.1, 0.15) is 39.2 Å². The van der Waals surface area contributed by atoms with Crippen LogP contribution in [-0.2, 0) is 0 Å². The molecule has 0 saturated carbocycles. The maximum absolute atomic E-state index is 8.80. The molecule has 1 fully saturated rings. The molecule has 1 aliphatic rings. The van der Waals surface area contributed by atoms with Crippen LogP contribution in [0.25, 0.3) is 0 Å². The van der Waals surface area contributed by atoms with Gasteiger partial charge in [0.2, 0.25) is 0 Å². The van der Waals surface area contributed by atoms with E-state index >= 15 is 0 Å². The van der Waals surface area contributed by atoms with Crippen LogP contribution in [0.4, 0.5) is 5.69 Å². The molecular weight excluding hydrogens is 220 g/mol. The molecule has 0 atom stereocenters. The highest BCUT2D eigenvalue weighted by molar-refractivity contribution is 5.50. The summed E-state index contributed by atoms with van der Waals surface area (Å²) in [6.07, 6.45) is 2.51. The Morgan fingerprint density at radius 2 is 1.72 bits per heavy atom. The van der Waals surface area contributed by atoms with Gasteiger partial charge in [0.05, 0.1) is 11.6 Å². The lowest BCUT2D eigenvalue weighted by Gasteiger charge is -2.43. The summed E-state index contributed by atoms with van der Waals surface area (Å²) in [4.78, 5) is 2.44. The summed E-state index contributed by atoms with van der Waals surface area (Å²) in [7, 11) is 0. The average molecular weight is 242 g/mol. The Labute approximate surface area is 110 Å². The molecule has 1 aromatic rings. The lowest BCUT2D eigenvalue weighted by Crippen LogP contribution is -2.41. The largest absolute Gasteiger partial charge is 0.371 e. The highest BCUT2D eigenvalue weighted by Crippen LogP contribution is 2.39. The number of hydrogen-bond acceptors (Lipinski definition) is 2. The lowest BCUT2D eigenvalue weighted by molar-refractivity contribution is 0.166. The molecule has 2 nitrogen and oxygen atoms in total. The minimum Gasteiger partial charge on any atom is -0.371 e. The summed E-state index contributed by atoms with van der Waals surface area (Å²) >= 11 is 0. The van der Waals surface area contributed by atoms with Gasteiger partial charge in [0.1, 0.15) is 0 Å². The summed E-state index contributed by atoms with van der Waals surface area (Å²) in [5, 5.41) is 8.80. The third-order valence-corrected chi connectivity index (χ3v) is 4.66. The highest BCUT2D eigenvalue weighted by Gasteiger charge is 2.32. The zero-order chi connectivity index (χ0) is 13.2. The molecular formula is C16H22N2. The van der Waals surface area contributed by atoms with E-state index in [0.29, 0.717) is 5.41 Å². The molecule has 0 spiro atoms. The Bertz CT molecular complexity index is 431. The molecule has 1 aromatic carbocycles. The molecule has 0 aromatic heterocycles. The molecule has 18 heavy (non-hydrogen) atoms. The molecule has 1 saturated heterocycles. The zero-order valence-electron chi connectivity index (χ0n) is 11.6. The first kappa shape index (κ1) is 13.0. The van der Waals surface area contributed by atoms with Crippen molar-refractivity contribution in [1.82, 2.24) is 0 Å². The topological polar surface area (TPSA) is 27.0 Å². The number of anilines is 1. The van der Waals surface area contributed by atoms with E-state index in [4.69, 9.17) is 5.26 Å². The fourth-order valence-electron chi connectivity index (χ4n) is 2.60. The van der Waals surface area contributed by atoms with Crippen molar-refractivity contribution in [2.24, 2.45) is 11.3 Å². The number of hydrogen-bond donors (Lipinski definition) is 0. The summed E-state index contributed by atoms with van der Waals surface area (Å²) in [6, 6.07) is 10.1.